The molecule has 5 nitrogen and oxygen atoms in total. The molecule has 0 spiro atoms. The lowest BCUT2D eigenvalue weighted by atomic mass is 10.2. The van der Waals surface area contributed by atoms with E-state index in [1.54, 1.807) is 0 Å². The number of hydrogen-bond acceptors (Lipinski definition) is 4. The number of ketones is 1. The summed E-state index contributed by atoms with van der Waals surface area (Å²) in [7, 11) is 0. The van der Waals surface area contributed by atoms with E-state index in [4.69, 9.17) is 5.11 Å². The summed E-state index contributed by atoms with van der Waals surface area (Å²) in [5, 5.41) is 8.59. The Labute approximate surface area is 81.4 Å². The van der Waals surface area contributed by atoms with E-state index in [0.29, 0.717) is 0 Å². The Balaban J connectivity index is 4.38. The summed E-state index contributed by atoms with van der Waals surface area (Å²) < 4.78 is 4.53. The lowest BCUT2D eigenvalue weighted by Gasteiger charge is -2.11. The molecule has 1 unspecified atom stereocenters. The van der Waals surface area contributed by atoms with Gasteiger partial charge in [-0.05, 0) is 13.8 Å². The Kier molecular flexibility index (Phi) is 4.55. The molecule has 0 radical (unpaired) electrons. The molecule has 5 heteroatoms. The van der Waals surface area contributed by atoms with Crippen molar-refractivity contribution in [1.82, 2.24) is 0 Å². The van der Waals surface area contributed by atoms with Crippen LogP contribution in [-0.2, 0) is 19.1 Å². The van der Waals surface area contributed by atoms with Crippen molar-refractivity contribution in [2.24, 2.45) is 0 Å². The Bertz CT molecular complexity index is 279. The van der Waals surface area contributed by atoms with Gasteiger partial charge >= 0.3 is 11.9 Å². The molecule has 0 aliphatic carbocycles. The number of rotatable bonds is 5. The van der Waals surface area contributed by atoms with E-state index < -0.39 is 18.0 Å². The van der Waals surface area contributed by atoms with Crippen LogP contribution in [0.4, 0.5) is 0 Å². The maximum atomic E-state index is 10.9. The average Bonchev–Trinajstić information content (AvgIpc) is 2.01. The van der Waals surface area contributed by atoms with Crippen LogP contribution in [0.15, 0.2) is 12.2 Å². The lowest BCUT2D eigenvalue weighted by molar-refractivity contribution is -0.162. The second-order valence-electron chi connectivity index (χ2n) is 2.92. The van der Waals surface area contributed by atoms with Crippen molar-refractivity contribution in [1.29, 1.82) is 0 Å². The molecule has 0 aromatic carbocycles. The first-order valence-electron chi connectivity index (χ1n) is 3.93. The SMILES string of the molecule is C=C(C)C(=O)OC(CC(C)=O)C(=O)O. The number of carboxylic acids is 1. The first-order valence-corrected chi connectivity index (χ1v) is 3.93. The van der Waals surface area contributed by atoms with E-state index >= 15 is 0 Å². The zero-order valence-electron chi connectivity index (χ0n) is 8.07. The molecule has 0 heterocycles. The fourth-order valence-corrected chi connectivity index (χ4v) is 0.670. The van der Waals surface area contributed by atoms with Crippen LogP contribution in [0, 0.1) is 0 Å². The van der Waals surface area contributed by atoms with Gasteiger partial charge in [-0.15, -0.1) is 0 Å². The van der Waals surface area contributed by atoms with Gasteiger partial charge in [0.1, 0.15) is 5.78 Å². The van der Waals surface area contributed by atoms with Gasteiger partial charge < -0.3 is 9.84 Å². The fraction of sp³-hybridized carbons (Fsp3) is 0.444. The van der Waals surface area contributed by atoms with E-state index in [0.717, 1.165) is 0 Å². The number of carboxylic acid groups (broad SMARTS) is 1. The number of hydrogen-bond donors (Lipinski definition) is 1. The topological polar surface area (TPSA) is 80.7 Å². The second-order valence-corrected chi connectivity index (χ2v) is 2.92. The smallest absolute Gasteiger partial charge is 0.345 e. The molecular formula is C9H12O5. The van der Waals surface area contributed by atoms with E-state index in [1.807, 2.05) is 0 Å². The zero-order chi connectivity index (χ0) is 11.3. The van der Waals surface area contributed by atoms with Crippen molar-refractivity contribution in [2.75, 3.05) is 0 Å². The van der Waals surface area contributed by atoms with Gasteiger partial charge in [-0.1, -0.05) is 6.58 Å². The largest absolute Gasteiger partial charge is 0.478 e. The van der Waals surface area contributed by atoms with E-state index in [9.17, 15) is 14.4 Å². The lowest BCUT2D eigenvalue weighted by Crippen LogP contribution is -2.29. The third kappa shape index (κ3) is 4.39. The normalized spacial score (nSPS) is 11.6. The van der Waals surface area contributed by atoms with E-state index in [1.165, 1.54) is 13.8 Å². The Hall–Kier alpha value is -1.65. The van der Waals surface area contributed by atoms with Crippen LogP contribution in [-0.4, -0.2) is 28.9 Å². The predicted molar refractivity (Wildman–Crippen MR) is 47.6 cm³/mol. The van der Waals surface area contributed by atoms with Crippen molar-refractivity contribution in [3.63, 3.8) is 0 Å². The minimum Gasteiger partial charge on any atom is -0.478 e. The third-order valence-corrected chi connectivity index (χ3v) is 1.35. The zero-order valence-corrected chi connectivity index (χ0v) is 8.07. The summed E-state index contributed by atoms with van der Waals surface area (Å²) >= 11 is 0. The van der Waals surface area contributed by atoms with Crippen molar-refractivity contribution in [3.05, 3.63) is 12.2 Å². The Morgan fingerprint density at radius 3 is 2.14 bits per heavy atom. The maximum Gasteiger partial charge on any atom is 0.345 e. The van der Waals surface area contributed by atoms with Gasteiger partial charge in [-0.2, -0.15) is 0 Å². The molecule has 0 rings (SSSR count). The summed E-state index contributed by atoms with van der Waals surface area (Å²) in [6.07, 6.45) is -1.74. The van der Waals surface area contributed by atoms with Crippen molar-refractivity contribution >= 4 is 17.7 Å². The van der Waals surface area contributed by atoms with Crippen LogP contribution in [0.5, 0.6) is 0 Å². The molecule has 1 N–H and O–H groups in total. The number of esters is 1. The summed E-state index contributed by atoms with van der Waals surface area (Å²) in [5.41, 5.74) is 0.0970. The van der Waals surface area contributed by atoms with Gasteiger partial charge in [-0.25, -0.2) is 9.59 Å². The highest BCUT2D eigenvalue weighted by atomic mass is 16.6. The predicted octanol–water partition coefficient (Wildman–Crippen LogP) is 0.538. The molecule has 14 heavy (non-hydrogen) atoms. The monoisotopic (exact) mass is 200 g/mol. The molecule has 0 amide bonds. The second kappa shape index (κ2) is 5.16. The first kappa shape index (κ1) is 12.3. The number of carbonyl (C=O) groups is 3. The van der Waals surface area contributed by atoms with Crippen molar-refractivity contribution < 1.29 is 24.2 Å². The van der Waals surface area contributed by atoms with Crippen LogP contribution in [0.1, 0.15) is 20.3 Å². The summed E-state index contributed by atoms with van der Waals surface area (Å²) in [6, 6.07) is 0. The maximum absolute atomic E-state index is 10.9. The third-order valence-electron chi connectivity index (χ3n) is 1.35. The molecule has 0 fully saturated rings. The standard InChI is InChI=1S/C9H12O5/c1-5(2)9(13)14-7(8(11)12)4-6(3)10/h7H,1,4H2,2-3H3,(H,11,12). The molecule has 0 aliphatic heterocycles. The minimum atomic E-state index is -1.42. The summed E-state index contributed by atoms with van der Waals surface area (Å²) in [6.45, 7) is 5.92. The quantitative estimate of drug-likeness (QED) is 0.517. The van der Waals surface area contributed by atoms with Gasteiger partial charge in [0, 0.05) is 5.57 Å². The van der Waals surface area contributed by atoms with E-state index in [2.05, 4.69) is 11.3 Å². The molecule has 78 valence electrons. The van der Waals surface area contributed by atoms with Gasteiger partial charge in [-0.3, -0.25) is 4.79 Å². The number of aliphatic carboxylic acids is 1. The minimum absolute atomic E-state index is 0.0970. The number of Topliss-reactive ketones (excluding diaryl/α,β-unsaturated/α-hetero) is 1. The Morgan fingerprint density at radius 2 is 1.86 bits per heavy atom. The molecule has 0 bridgehead atoms. The summed E-state index contributed by atoms with van der Waals surface area (Å²) in [5.74, 6) is -2.50. The van der Waals surface area contributed by atoms with Crippen LogP contribution in [0.3, 0.4) is 0 Å². The van der Waals surface area contributed by atoms with Gasteiger partial charge in [0.25, 0.3) is 0 Å². The highest BCUT2D eigenvalue weighted by Crippen LogP contribution is 2.04. The van der Waals surface area contributed by atoms with E-state index in [-0.39, 0.29) is 17.8 Å². The number of carbonyl (C=O) groups excluding carboxylic acids is 2. The van der Waals surface area contributed by atoms with Gasteiger partial charge in [0.2, 0.25) is 6.10 Å². The molecule has 0 aromatic heterocycles. The molecular weight excluding hydrogens is 188 g/mol. The Morgan fingerprint density at radius 1 is 1.36 bits per heavy atom. The van der Waals surface area contributed by atoms with Crippen LogP contribution < -0.4 is 0 Å². The molecule has 0 saturated carbocycles. The number of ether oxygens (including phenoxy) is 1. The van der Waals surface area contributed by atoms with Gasteiger partial charge in [0.05, 0.1) is 6.42 Å². The molecule has 0 saturated heterocycles. The molecule has 1 atom stereocenters. The van der Waals surface area contributed by atoms with Crippen molar-refractivity contribution in [2.45, 2.75) is 26.4 Å². The summed E-state index contributed by atoms with van der Waals surface area (Å²) in [4.78, 5) is 32.1. The van der Waals surface area contributed by atoms with Crippen molar-refractivity contribution in [3.8, 4) is 0 Å². The molecule has 0 aliphatic rings. The van der Waals surface area contributed by atoms with Crippen LogP contribution in [0.2, 0.25) is 0 Å². The highest BCUT2D eigenvalue weighted by molar-refractivity contribution is 5.90. The average molecular weight is 200 g/mol. The highest BCUT2D eigenvalue weighted by Gasteiger charge is 2.23. The van der Waals surface area contributed by atoms with Crippen LogP contribution in [0.25, 0.3) is 0 Å². The van der Waals surface area contributed by atoms with Crippen LogP contribution >= 0.6 is 0 Å². The fourth-order valence-electron chi connectivity index (χ4n) is 0.670. The van der Waals surface area contributed by atoms with Gasteiger partial charge in [0.15, 0.2) is 0 Å². The first-order chi connectivity index (χ1) is 6.34. The molecule has 0 aromatic rings.